The van der Waals surface area contributed by atoms with Crippen LogP contribution < -0.4 is 10.1 Å². The Morgan fingerprint density at radius 2 is 1.96 bits per heavy atom. The standard InChI is InChI=1S/C20H30N4O2/c1-20(2,24(3)4)13-26-17-7-5-6-14-12-21-19(23-18(14)17)22-15-8-10-16(25)11-9-15/h5-7,12,15-16,25H,8-11,13H2,1-4H3,(H,21,22,23)/t15-,16-. The quantitative estimate of drug-likeness (QED) is 0.827. The Hall–Kier alpha value is -1.92. The van der Waals surface area contributed by atoms with E-state index in [0.717, 1.165) is 42.3 Å². The van der Waals surface area contributed by atoms with Gasteiger partial charge in [-0.3, -0.25) is 0 Å². The molecule has 3 rings (SSSR count). The van der Waals surface area contributed by atoms with E-state index in [1.807, 2.05) is 24.4 Å². The van der Waals surface area contributed by atoms with Crippen molar-refractivity contribution < 1.29 is 9.84 Å². The van der Waals surface area contributed by atoms with Crippen molar-refractivity contribution in [2.24, 2.45) is 0 Å². The van der Waals surface area contributed by atoms with Gasteiger partial charge in [0.25, 0.3) is 0 Å². The molecule has 1 saturated carbocycles. The van der Waals surface area contributed by atoms with Crippen molar-refractivity contribution in [3.63, 3.8) is 0 Å². The number of hydrogen-bond acceptors (Lipinski definition) is 6. The van der Waals surface area contributed by atoms with Gasteiger partial charge in [-0.25, -0.2) is 9.97 Å². The van der Waals surface area contributed by atoms with Gasteiger partial charge in [0.15, 0.2) is 0 Å². The number of aliphatic hydroxyl groups is 1. The number of likely N-dealkylation sites (N-methyl/N-ethyl adjacent to an activating group) is 1. The smallest absolute Gasteiger partial charge is 0.223 e. The van der Waals surface area contributed by atoms with Gasteiger partial charge in [0.2, 0.25) is 5.95 Å². The van der Waals surface area contributed by atoms with Gasteiger partial charge in [0.1, 0.15) is 17.9 Å². The highest BCUT2D eigenvalue weighted by Gasteiger charge is 2.22. The van der Waals surface area contributed by atoms with Crippen molar-refractivity contribution in [3.8, 4) is 5.75 Å². The summed E-state index contributed by atoms with van der Waals surface area (Å²) in [6.07, 6.45) is 5.23. The zero-order chi connectivity index (χ0) is 18.7. The zero-order valence-corrected chi connectivity index (χ0v) is 16.2. The average Bonchev–Trinajstić information content (AvgIpc) is 2.62. The number of benzene rings is 1. The molecule has 142 valence electrons. The minimum absolute atomic E-state index is 0.0702. The van der Waals surface area contributed by atoms with Crippen LogP contribution in [0, 0.1) is 0 Å². The number of fused-ring (bicyclic) bond motifs is 1. The number of ether oxygens (including phenoxy) is 1. The van der Waals surface area contributed by atoms with Crippen LogP contribution in [0.15, 0.2) is 24.4 Å². The molecule has 26 heavy (non-hydrogen) atoms. The van der Waals surface area contributed by atoms with Gasteiger partial charge in [-0.2, -0.15) is 0 Å². The number of nitrogens with zero attached hydrogens (tertiary/aromatic N) is 3. The summed E-state index contributed by atoms with van der Waals surface area (Å²) in [5.41, 5.74) is 0.759. The lowest BCUT2D eigenvalue weighted by Crippen LogP contribution is -2.43. The summed E-state index contributed by atoms with van der Waals surface area (Å²) in [4.78, 5) is 11.3. The Morgan fingerprint density at radius 3 is 2.65 bits per heavy atom. The van der Waals surface area contributed by atoms with Crippen molar-refractivity contribution in [3.05, 3.63) is 24.4 Å². The molecule has 1 aliphatic carbocycles. The zero-order valence-electron chi connectivity index (χ0n) is 16.2. The molecule has 6 heteroatoms. The van der Waals surface area contributed by atoms with Crippen LogP contribution in [0.25, 0.3) is 10.9 Å². The van der Waals surface area contributed by atoms with Crippen LogP contribution in [-0.2, 0) is 0 Å². The van der Waals surface area contributed by atoms with E-state index in [1.165, 1.54) is 0 Å². The first kappa shape index (κ1) is 18.9. The maximum Gasteiger partial charge on any atom is 0.223 e. The van der Waals surface area contributed by atoms with Crippen molar-refractivity contribution in [2.75, 3.05) is 26.0 Å². The fraction of sp³-hybridized carbons (Fsp3) is 0.600. The molecule has 0 spiro atoms. The molecule has 1 fully saturated rings. The minimum Gasteiger partial charge on any atom is -0.489 e. The highest BCUT2D eigenvalue weighted by atomic mass is 16.5. The van der Waals surface area contributed by atoms with Gasteiger partial charge >= 0.3 is 0 Å². The monoisotopic (exact) mass is 358 g/mol. The van der Waals surface area contributed by atoms with E-state index in [2.05, 4.69) is 43.1 Å². The van der Waals surface area contributed by atoms with Crippen LogP contribution in [0.2, 0.25) is 0 Å². The molecular formula is C20H30N4O2. The SMILES string of the molecule is CN(C)C(C)(C)COc1cccc2cnc(N[C@H]3CC[C@H](O)CC3)nc12. The molecule has 0 aliphatic heterocycles. The van der Waals surface area contributed by atoms with Gasteiger partial charge < -0.3 is 20.1 Å². The number of para-hydroxylation sites is 1. The second-order valence-electron chi connectivity index (χ2n) is 8.03. The molecule has 6 nitrogen and oxygen atoms in total. The fourth-order valence-electron chi connectivity index (χ4n) is 3.00. The Balaban J connectivity index is 1.77. The highest BCUT2D eigenvalue weighted by Crippen LogP contribution is 2.27. The van der Waals surface area contributed by atoms with E-state index in [1.54, 1.807) is 0 Å². The van der Waals surface area contributed by atoms with Gasteiger partial charge in [-0.1, -0.05) is 12.1 Å². The van der Waals surface area contributed by atoms with E-state index in [9.17, 15) is 5.11 Å². The topological polar surface area (TPSA) is 70.5 Å². The second-order valence-corrected chi connectivity index (χ2v) is 8.03. The van der Waals surface area contributed by atoms with E-state index in [-0.39, 0.29) is 11.6 Å². The van der Waals surface area contributed by atoms with Crippen LogP contribution in [0.3, 0.4) is 0 Å². The van der Waals surface area contributed by atoms with Crippen LogP contribution in [0.4, 0.5) is 5.95 Å². The Kier molecular flexibility index (Phi) is 5.63. The Morgan fingerprint density at radius 1 is 1.23 bits per heavy atom. The van der Waals surface area contributed by atoms with Crippen molar-refractivity contribution in [1.82, 2.24) is 14.9 Å². The summed E-state index contributed by atoms with van der Waals surface area (Å²) in [6, 6.07) is 6.25. The van der Waals surface area contributed by atoms with E-state index in [4.69, 9.17) is 9.72 Å². The van der Waals surface area contributed by atoms with Gasteiger partial charge in [-0.15, -0.1) is 0 Å². The summed E-state index contributed by atoms with van der Waals surface area (Å²) in [5.74, 6) is 1.41. The van der Waals surface area contributed by atoms with Crippen LogP contribution >= 0.6 is 0 Å². The summed E-state index contributed by atoms with van der Waals surface area (Å²) in [6.45, 7) is 4.88. The third-order valence-electron chi connectivity index (χ3n) is 5.40. The maximum absolute atomic E-state index is 9.66. The first-order valence-corrected chi connectivity index (χ1v) is 9.36. The number of aromatic nitrogens is 2. The van der Waals surface area contributed by atoms with Crippen molar-refractivity contribution in [1.29, 1.82) is 0 Å². The lowest BCUT2D eigenvalue weighted by Gasteiger charge is -2.32. The lowest BCUT2D eigenvalue weighted by atomic mass is 9.93. The summed E-state index contributed by atoms with van der Waals surface area (Å²) < 4.78 is 6.11. The van der Waals surface area contributed by atoms with Crippen molar-refractivity contribution >= 4 is 16.9 Å². The van der Waals surface area contributed by atoms with E-state index in [0.29, 0.717) is 18.6 Å². The van der Waals surface area contributed by atoms with Gasteiger partial charge in [0, 0.05) is 23.2 Å². The highest BCUT2D eigenvalue weighted by molar-refractivity contribution is 5.84. The van der Waals surface area contributed by atoms with Gasteiger partial charge in [0.05, 0.1) is 6.10 Å². The number of anilines is 1. The molecule has 0 bridgehead atoms. The third-order valence-corrected chi connectivity index (χ3v) is 5.40. The second kappa shape index (κ2) is 7.76. The van der Waals surface area contributed by atoms with Crippen LogP contribution in [-0.4, -0.2) is 58.4 Å². The predicted molar refractivity (Wildman–Crippen MR) is 105 cm³/mol. The minimum atomic E-state index is -0.161. The predicted octanol–water partition coefficient (Wildman–Crippen LogP) is 3.06. The van der Waals surface area contributed by atoms with E-state index >= 15 is 0 Å². The maximum atomic E-state index is 9.66. The summed E-state index contributed by atoms with van der Waals surface area (Å²) >= 11 is 0. The first-order chi connectivity index (χ1) is 12.3. The fourth-order valence-corrected chi connectivity index (χ4v) is 3.00. The number of hydrogen-bond donors (Lipinski definition) is 2. The third kappa shape index (κ3) is 4.43. The van der Waals surface area contributed by atoms with Crippen molar-refractivity contribution in [2.45, 2.75) is 57.2 Å². The molecule has 0 amide bonds. The first-order valence-electron chi connectivity index (χ1n) is 9.36. The number of nitrogens with one attached hydrogen (secondary N) is 1. The normalized spacial score (nSPS) is 21.2. The van der Waals surface area contributed by atoms with Crippen LogP contribution in [0.5, 0.6) is 5.75 Å². The molecule has 0 radical (unpaired) electrons. The summed E-state index contributed by atoms with van der Waals surface area (Å²) in [7, 11) is 4.11. The Bertz CT molecular complexity index is 740. The van der Waals surface area contributed by atoms with Crippen LogP contribution in [0.1, 0.15) is 39.5 Å². The Labute approximate surface area is 155 Å². The average molecular weight is 358 g/mol. The largest absolute Gasteiger partial charge is 0.489 e. The number of rotatable bonds is 6. The molecule has 1 aliphatic rings. The molecule has 1 aromatic heterocycles. The molecule has 2 aromatic rings. The lowest BCUT2D eigenvalue weighted by molar-refractivity contribution is 0.115. The van der Waals surface area contributed by atoms with Gasteiger partial charge in [-0.05, 0) is 59.7 Å². The molecule has 1 aromatic carbocycles. The molecule has 1 heterocycles. The molecular weight excluding hydrogens is 328 g/mol. The molecule has 0 atom stereocenters. The van der Waals surface area contributed by atoms with E-state index < -0.39 is 0 Å². The molecule has 0 unspecified atom stereocenters. The molecule has 0 saturated heterocycles. The number of aliphatic hydroxyl groups excluding tert-OH is 1. The summed E-state index contributed by atoms with van der Waals surface area (Å²) in [5, 5.41) is 14.0. The molecule has 2 N–H and O–H groups in total.